The van der Waals surface area contributed by atoms with Gasteiger partial charge in [0.2, 0.25) is 0 Å². The standard InChI is InChI=1S/C8H7Cl2NO/c9-8(10)6-3-1-2-5(6)7(8,12)4-11/h1,3,5-6,12H,2H2/t5-,6+,7-/m0/s1. The van der Waals surface area contributed by atoms with E-state index in [9.17, 15) is 5.11 Å². The Morgan fingerprint density at radius 2 is 2.25 bits per heavy atom. The second kappa shape index (κ2) is 2.17. The van der Waals surface area contributed by atoms with Crippen LogP contribution in [0.3, 0.4) is 0 Å². The van der Waals surface area contributed by atoms with Crippen LogP contribution in [-0.2, 0) is 0 Å². The van der Waals surface area contributed by atoms with Gasteiger partial charge in [-0.1, -0.05) is 35.4 Å². The molecule has 0 heterocycles. The molecular weight excluding hydrogens is 197 g/mol. The Balaban J connectivity index is 2.37. The molecule has 1 N–H and O–H groups in total. The lowest BCUT2D eigenvalue weighted by atomic mass is 9.62. The van der Waals surface area contributed by atoms with Crippen LogP contribution in [-0.4, -0.2) is 15.0 Å². The first-order chi connectivity index (χ1) is 5.54. The minimum Gasteiger partial charge on any atom is -0.372 e. The first-order valence-electron chi connectivity index (χ1n) is 3.72. The van der Waals surface area contributed by atoms with Crippen molar-refractivity contribution < 1.29 is 5.11 Å². The summed E-state index contributed by atoms with van der Waals surface area (Å²) < 4.78 is -1.32. The van der Waals surface area contributed by atoms with E-state index in [-0.39, 0.29) is 11.8 Å². The SMILES string of the molecule is N#C[C@]1(O)[C@H]2CC=C[C@H]2C1(Cl)Cl. The first kappa shape index (κ1) is 8.37. The van der Waals surface area contributed by atoms with Crippen molar-refractivity contribution in [3.05, 3.63) is 12.2 Å². The number of nitriles is 1. The van der Waals surface area contributed by atoms with Gasteiger partial charge in [0.25, 0.3) is 0 Å². The van der Waals surface area contributed by atoms with Gasteiger partial charge in [0.05, 0.1) is 0 Å². The second-order valence-electron chi connectivity index (χ2n) is 3.30. The summed E-state index contributed by atoms with van der Waals surface area (Å²) in [5.41, 5.74) is -1.57. The van der Waals surface area contributed by atoms with E-state index in [1.165, 1.54) is 0 Å². The molecule has 4 heteroatoms. The van der Waals surface area contributed by atoms with E-state index in [0.717, 1.165) is 0 Å². The average Bonchev–Trinajstić information content (AvgIpc) is 2.49. The van der Waals surface area contributed by atoms with Crippen LogP contribution in [0.5, 0.6) is 0 Å². The number of nitrogens with zero attached hydrogens (tertiary/aromatic N) is 1. The van der Waals surface area contributed by atoms with Crippen molar-refractivity contribution in [2.45, 2.75) is 16.4 Å². The predicted octanol–water partition coefficient (Wildman–Crippen LogP) is 1.62. The second-order valence-corrected chi connectivity index (χ2v) is 4.68. The number of hydrogen-bond acceptors (Lipinski definition) is 2. The fraction of sp³-hybridized carbons (Fsp3) is 0.625. The third-order valence-electron chi connectivity index (χ3n) is 2.80. The normalized spacial score (nSPS) is 47.8. The highest BCUT2D eigenvalue weighted by Crippen LogP contribution is 2.62. The molecule has 0 aromatic carbocycles. The number of hydrogen-bond donors (Lipinski definition) is 1. The van der Waals surface area contributed by atoms with Gasteiger partial charge in [-0.15, -0.1) is 0 Å². The number of aliphatic hydroxyl groups is 1. The van der Waals surface area contributed by atoms with Crippen LogP contribution in [0.2, 0.25) is 0 Å². The maximum absolute atomic E-state index is 9.75. The van der Waals surface area contributed by atoms with Gasteiger partial charge in [-0.2, -0.15) is 5.26 Å². The van der Waals surface area contributed by atoms with Gasteiger partial charge in [0.1, 0.15) is 6.07 Å². The summed E-state index contributed by atoms with van der Waals surface area (Å²) in [5, 5.41) is 18.5. The zero-order chi connectivity index (χ0) is 8.98. The van der Waals surface area contributed by atoms with E-state index in [1.807, 2.05) is 12.2 Å². The van der Waals surface area contributed by atoms with Crippen LogP contribution in [0.1, 0.15) is 6.42 Å². The minimum atomic E-state index is -1.57. The van der Waals surface area contributed by atoms with E-state index in [2.05, 4.69) is 0 Å². The Kier molecular flexibility index (Phi) is 1.51. The number of halogens is 2. The molecule has 0 aromatic rings. The van der Waals surface area contributed by atoms with Gasteiger partial charge in [0.15, 0.2) is 9.93 Å². The van der Waals surface area contributed by atoms with Crippen molar-refractivity contribution in [3.63, 3.8) is 0 Å². The fourth-order valence-electron chi connectivity index (χ4n) is 2.02. The number of rotatable bonds is 0. The summed E-state index contributed by atoms with van der Waals surface area (Å²) in [7, 11) is 0. The molecule has 0 bridgehead atoms. The summed E-state index contributed by atoms with van der Waals surface area (Å²) in [4.78, 5) is 0. The zero-order valence-electron chi connectivity index (χ0n) is 6.17. The highest BCUT2D eigenvalue weighted by Gasteiger charge is 2.71. The molecule has 0 saturated heterocycles. The molecule has 64 valence electrons. The Hall–Kier alpha value is -0.230. The molecule has 2 aliphatic carbocycles. The summed E-state index contributed by atoms with van der Waals surface area (Å²) >= 11 is 11.7. The van der Waals surface area contributed by atoms with Gasteiger partial charge in [-0.3, -0.25) is 0 Å². The molecule has 0 amide bonds. The average molecular weight is 204 g/mol. The van der Waals surface area contributed by atoms with Crippen molar-refractivity contribution in [2.75, 3.05) is 0 Å². The van der Waals surface area contributed by atoms with Crippen LogP contribution >= 0.6 is 23.2 Å². The van der Waals surface area contributed by atoms with Gasteiger partial charge in [-0.25, -0.2) is 0 Å². The van der Waals surface area contributed by atoms with Crippen molar-refractivity contribution >= 4 is 23.2 Å². The molecule has 2 nitrogen and oxygen atoms in total. The highest BCUT2D eigenvalue weighted by atomic mass is 35.5. The van der Waals surface area contributed by atoms with Gasteiger partial charge >= 0.3 is 0 Å². The third-order valence-corrected chi connectivity index (χ3v) is 3.88. The Morgan fingerprint density at radius 1 is 1.58 bits per heavy atom. The first-order valence-corrected chi connectivity index (χ1v) is 4.47. The number of allylic oxidation sites excluding steroid dienone is 2. The van der Waals surface area contributed by atoms with E-state index >= 15 is 0 Å². The smallest absolute Gasteiger partial charge is 0.188 e. The third kappa shape index (κ3) is 0.659. The highest BCUT2D eigenvalue weighted by molar-refractivity contribution is 6.50. The zero-order valence-corrected chi connectivity index (χ0v) is 7.68. The van der Waals surface area contributed by atoms with Gasteiger partial charge in [0, 0.05) is 11.8 Å². The molecule has 1 fully saturated rings. The molecular formula is C8H7Cl2NO. The van der Waals surface area contributed by atoms with E-state index < -0.39 is 9.93 Å². The lowest BCUT2D eigenvalue weighted by Gasteiger charge is -2.53. The van der Waals surface area contributed by atoms with Crippen molar-refractivity contribution in [1.29, 1.82) is 5.26 Å². The van der Waals surface area contributed by atoms with E-state index in [1.54, 1.807) is 6.07 Å². The van der Waals surface area contributed by atoms with Crippen molar-refractivity contribution in [2.24, 2.45) is 11.8 Å². The summed E-state index contributed by atoms with van der Waals surface area (Å²) in [6, 6.07) is 1.79. The van der Waals surface area contributed by atoms with Crippen LogP contribution in [0, 0.1) is 23.2 Å². The summed E-state index contributed by atoms with van der Waals surface area (Å²) in [6.45, 7) is 0. The van der Waals surface area contributed by atoms with Crippen LogP contribution < -0.4 is 0 Å². The lowest BCUT2D eigenvalue weighted by Crippen LogP contribution is -2.67. The predicted molar refractivity (Wildman–Crippen MR) is 45.7 cm³/mol. The fourth-order valence-corrected chi connectivity index (χ4v) is 2.83. The molecule has 0 unspecified atom stereocenters. The Bertz CT molecular complexity index is 294. The molecule has 2 rings (SSSR count). The number of alkyl halides is 2. The largest absolute Gasteiger partial charge is 0.372 e. The van der Waals surface area contributed by atoms with Crippen LogP contribution in [0.4, 0.5) is 0 Å². The monoisotopic (exact) mass is 203 g/mol. The molecule has 1 saturated carbocycles. The quantitative estimate of drug-likeness (QED) is 0.370. The molecule has 0 spiro atoms. The van der Waals surface area contributed by atoms with E-state index in [0.29, 0.717) is 6.42 Å². The molecule has 12 heavy (non-hydrogen) atoms. The molecule has 0 aliphatic heterocycles. The maximum Gasteiger partial charge on any atom is 0.188 e. The minimum absolute atomic E-state index is 0.0644. The Labute approximate surface area is 80.4 Å². The Morgan fingerprint density at radius 3 is 2.83 bits per heavy atom. The summed E-state index contributed by atoms with van der Waals surface area (Å²) in [6.07, 6.45) is 4.47. The van der Waals surface area contributed by atoms with Gasteiger partial charge in [-0.05, 0) is 6.42 Å². The van der Waals surface area contributed by atoms with Gasteiger partial charge < -0.3 is 5.11 Å². The lowest BCUT2D eigenvalue weighted by molar-refractivity contribution is -0.0804. The molecule has 0 radical (unpaired) electrons. The molecule has 3 atom stereocenters. The maximum atomic E-state index is 9.75. The van der Waals surface area contributed by atoms with Crippen LogP contribution in [0.25, 0.3) is 0 Å². The molecule has 2 aliphatic rings. The molecule has 0 aromatic heterocycles. The number of fused-ring (bicyclic) bond motifs is 1. The van der Waals surface area contributed by atoms with Crippen LogP contribution in [0.15, 0.2) is 12.2 Å². The topological polar surface area (TPSA) is 44.0 Å². The van der Waals surface area contributed by atoms with E-state index in [4.69, 9.17) is 28.5 Å². The van der Waals surface area contributed by atoms with Crippen molar-refractivity contribution in [1.82, 2.24) is 0 Å². The summed E-state index contributed by atoms with van der Waals surface area (Å²) in [5.74, 6) is -0.178. The van der Waals surface area contributed by atoms with Crippen molar-refractivity contribution in [3.8, 4) is 6.07 Å².